The molecule has 1 unspecified atom stereocenters. The Bertz CT molecular complexity index is 334. The number of amides is 1. The molecule has 2 N–H and O–H groups in total. The summed E-state index contributed by atoms with van der Waals surface area (Å²) >= 11 is 1.61. The van der Waals surface area contributed by atoms with Crippen LogP contribution in [0.4, 0.5) is 0 Å². The van der Waals surface area contributed by atoms with Crippen molar-refractivity contribution in [3.63, 3.8) is 0 Å². The molecule has 1 saturated heterocycles. The highest BCUT2D eigenvalue weighted by Crippen LogP contribution is 2.04. The molecule has 1 fully saturated rings. The molecule has 1 aromatic heterocycles. The summed E-state index contributed by atoms with van der Waals surface area (Å²) < 4.78 is 5.35. The second kappa shape index (κ2) is 6.68. The number of thiazole rings is 1. The molecule has 1 aromatic rings. The fourth-order valence-electron chi connectivity index (χ4n) is 1.69. The van der Waals surface area contributed by atoms with Gasteiger partial charge in [0.2, 0.25) is 5.91 Å². The molecule has 0 bridgehead atoms. The van der Waals surface area contributed by atoms with Crippen molar-refractivity contribution in [2.45, 2.75) is 6.42 Å². The molecule has 2 rings (SSSR count). The standard InChI is InChI=1S/C11H17N3O2S/c15-11(9-7-12-3-5-16-8-9)14-2-1-10-13-4-6-17-10/h4,6,9,12H,1-3,5,7-8H2,(H,14,15). The average Bonchev–Trinajstić information content (AvgIpc) is 2.69. The molecule has 6 heteroatoms. The summed E-state index contributed by atoms with van der Waals surface area (Å²) in [6, 6.07) is 0. The molecular formula is C11H17N3O2S. The SMILES string of the molecule is O=C(NCCc1nccs1)C1CNCCOC1. The third-order valence-electron chi connectivity index (χ3n) is 2.63. The fourth-order valence-corrected chi connectivity index (χ4v) is 2.31. The number of hydrogen-bond donors (Lipinski definition) is 2. The highest BCUT2D eigenvalue weighted by molar-refractivity contribution is 7.09. The van der Waals surface area contributed by atoms with Gasteiger partial charge in [-0.1, -0.05) is 0 Å². The molecule has 0 spiro atoms. The smallest absolute Gasteiger partial charge is 0.226 e. The second-order valence-corrected chi connectivity index (χ2v) is 4.92. The Morgan fingerprint density at radius 2 is 2.65 bits per heavy atom. The van der Waals surface area contributed by atoms with Crippen LogP contribution in [0.2, 0.25) is 0 Å². The van der Waals surface area contributed by atoms with Crippen molar-refractivity contribution in [2.24, 2.45) is 5.92 Å². The van der Waals surface area contributed by atoms with Crippen molar-refractivity contribution in [3.05, 3.63) is 16.6 Å². The molecule has 0 aromatic carbocycles. The van der Waals surface area contributed by atoms with E-state index in [1.54, 1.807) is 17.5 Å². The van der Waals surface area contributed by atoms with Crippen LogP contribution >= 0.6 is 11.3 Å². The van der Waals surface area contributed by atoms with Gasteiger partial charge in [0.1, 0.15) is 0 Å². The maximum Gasteiger partial charge on any atom is 0.226 e. The average molecular weight is 255 g/mol. The van der Waals surface area contributed by atoms with Crippen LogP contribution in [0.15, 0.2) is 11.6 Å². The first-order valence-corrected chi connectivity index (χ1v) is 6.69. The molecule has 1 atom stereocenters. The summed E-state index contributed by atoms with van der Waals surface area (Å²) in [6.07, 6.45) is 2.58. The van der Waals surface area contributed by atoms with Gasteiger partial charge in [0.05, 0.1) is 24.1 Å². The summed E-state index contributed by atoms with van der Waals surface area (Å²) in [4.78, 5) is 16.0. The quantitative estimate of drug-likeness (QED) is 0.797. The number of nitrogens with one attached hydrogen (secondary N) is 2. The minimum Gasteiger partial charge on any atom is -0.379 e. The van der Waals surface area contributed by atoms with E-state index in [1.165, 1.54) is 0 Å². The van der Waals surface area contributed by atoms with Gasteiger partial charge in [-0.25, -0.2) is 4.98 Å². The fraction of sp³-hybridized carbons (Fsp3) is 0.636. The molecule has 0 saturated carbocycles. The van der Waals surface area contributed by atoms with E-state index in [2.05, 4.69) is 15.6 Å². The Hall–Kier alpha value is -0.980. The molecule has 2 heterocycles. The Kier molecular flexibility index (Phi) is 4.90. The predicted octanol–water partition coefficient (Wildman–Crippen LogP) is 0.0378. The molecule has 1 aliphatic heterocycles. The third-order valence-corrected chi connectivity index (χ3v) is 3.46. The van der Waals surface area contributed by atoms with E-state index < -0.39 is 0 Å². The summed E-state index contributed by atoms with van der Waals surface area (Å²) in [5.41, 5.74) is 0. The highest BCUT2D eigenvalue weighted by Gasteiger charge is 2.19. The van der Waals surface area contributed by atoms with Gasteiger partial charge < -0.3 is 15.4 Å². The number of hydrogen-bond acceptors (Lipinski definition) is 5. The van der Waals surface area contributed by atoms with Gasteiger partial charge in [0.25, 0.3) is 0 Å². The van der Waals surface area contributed by atoms with Gasteiger partial charge in [-0.15, -0.1) is 11.3 Å². The summed E-state index contributed by atoms with van der Waals surface area (Å²) in [6.45, 7) is 3.35. The normalized spacial score (nSPS) is 20.8. The zero-order valence-electron chi connectivity index (χ0n) is 9.65. The van der Waals surface area contributed by atoms with Crippen molar-refractivity contribution >= 4 is 17.2 Å². The lowest BCUT2D eigenvalue weighted by Crippen LogP contribution is -2.38. The number of aromatic nitrogens is 1. The first-order valence-electron chi connectivity index (χ1n) is 5.81. The minimum absolute atomic E-state index is 0.0657. The maximum absolute atomic E-state index is 11.8. The number of carbonyl (C=O) groups excluding carboxylic acids is 1. The number of carbonyl (C=O) groups is 1. The van der Waals surface area contributed by atoms with Crippen LogP contribution in [0.25, 0.3) is 0 Å². The molecule has 5 nitrogen and oxygen atoms in total. The molecule has 0 radical (unpaired) electrons. The van der Waals surface area contributed by atoms with Crippen LogP contribution in [0, 0.1) is 5.92 Å². The van der Waals surface area contributed by atoms with Gasteiger partial charge in [-0.05, 0) is 0 Å². The monoisotopic (exact) mass is 255 g/mol. The Morgan fingerprint density at radius 3 is 3.47 bits per heavy atom. The van der Waals surface area contributed by atoms with E-state index in [0.29, 0.717) is 26.3 Å². The van der Waals surface area contributed by atoms with Crippen LogP contribution in [0.1, 0.15) is 5.01 Å². The maximum atomic E-state index is 11.8. The van der Waals surface area contributed by atoms with Gasteiger partial charge in [-0.3, -0.25) is 4.79 Å². The van der Waals surface area contributed by atoms with Gasteiger partial charge >= 0.3 is 0 Å². The van der Waals surface area contributed by atoms with E-state index in [-0.39, 0.29) is 11.8 Å². The Labute approximate surface area is 105 Å². The first-order chi connectivity index (χ1) is 8.36. The topological polar surface area (TPSA) is 63.2 Å². The van der Waals surface area contributed by atoms with Gasteiger partial charge in [0, 0.05) is 37.6 Å². The molecular weight excluding hydrogens is 238 g/mol. The predicted molar refractivity (Wildman–Crippen MR) is 66.0 cm³/mol. The molecule has 0 aliphatic carbocycles. The molecule has 94 valence electrons. The number of nitrogens with zero attached hydrogens (tertiary/aromatic N) is 1. The van der Waals surface area contributed by atoms with E-state index in [4.69, 9.17) is 4.74 Å². The number of ether oxygens (including phenoxy) is 1. The van der Waals surface area contributed by atoms with Crippen molar-refractivity contribution in [2.75, 3.05) is 32.8 Å². The van der Waals surface area contributed by atoms with Crippen molar-refractivity contribution < 1.29 is 9.53 Å². The minimum atomic E-state index is -0.0752. The lowest BCUT2D eigenvalue weighted by Gasteiger charge is -2.13. The summed E-state index contributed by atoms with van der Waals surface area (Å²) in [5, 5.41) is 9.11. The summed E-state index contributed by atoms with van der Waals surface area (Å²) in [5.74, 6) is -0.00949. The zero-order valence-corrected chi connectivity index (χ0v) is 10.5. The van der Waals surface area contributed by atoms with E-state index in [9.17, 15) is 4.79 Å². The second-order valence-electron chi connectivity index (χ2n) is 3.94. The lowest BCUT2D eigenvalue weighted by molar-refractivity contribution is -0.126. The van der Waals surface area contributed by atoms with Crippen molar-refractivity contribution in [1.29, 1.82) is 0 Å². The molecule has 17 heavy (non-hydrogen) atoms. The van der Waals surface area contributed by atoms with Gasteiger partial charge in [-0.2, -0.15) is 0 Å². The molecule has 1 aliphatic rings. The van der Waals surface area contributed by atoms with Crippen LogP contribution in [0.5, 0.6) is 0 Å². The van der Waals surface area contributed by atoms with E-state index in [0.717, 1.165) is 18.0 Å². The first kappa shape index (κ1) is 12.5. The van der Waals surface area contributed by atoms with Crippen LogP contribution < -0.4 is 10.6 Å². The van der Waals surface area contributed by atoms with E-state index >= 15 is 0 Å². The Morgan fingerprint density at radius 1 is 1.71 bits per heavy atom. The largest absolute Gasteiger partial charge is 0.379 e. The third kappa shape index (κ3) is 4.07. The lowest BCUT2D eigenvalue weighted by atomic mass is 10.1. The molecule has 1 amide bonds. The van der Waals surface area contributed by atoms with Crippen molar-refractivity contribution in [1.82, 2.24) is 15.6 Å². The zero-order chi connectivity index (χ0) is 11.9. The Balaban J connectivity index is 1.69. The number of rotatable bonds is 4. The van der Waals surface area contributed by atoms with E-state index in [1.807, 2.05) is 5.38 Å². The van der Waals surface area contributed by atoms with Crippen LogP contribution in [-0.4, -0.2) is 43.7 Å². The highest BCUT2D eigenvalue weighted by atomic mass is 32.1. The van der Waals surface area contributed by atoms with Crippen LogP contribution in [-0.2, 0) is 16.0 Å². The summed E-state index contributed by atoms with van der Waals surface area (Å²) in [7, 11) is 0. The van der Waals surface area contributed by atoms with Crippen LogP contribution in [0.3, 0.4) is 0 Å². The van der Waals surface area contributed by atoms with Gasteiger partial charge in [0.15, 0.2) is 0 Å². The van der Waals surface area contributed by atoms with Crippen molar-refractivity contribution in [3.8, 4) is 0 Å².